The van der Waals surface area contributed by atoms with Gasteiger partial charge in [-0.1, -0.05) is 0 Å². The molecular formula is C33H40O21. The Balaban J connectivity index is 1.42. The molecule has 15 atom stereocenters. The summed E-state index contributed by atoms with van der Waals surface area (Å²) in [4.78, 5) is 14.1. The van der Waals surface area contributed by atoms with Gasteiger partial charge in [0.05, 0.1) is 18.8 Å². The monoisotopic (exact) mass is 772 g/mol. The van der Waals surface area contributed by atoms with Gasteiger partial charge in [0.2, 0.25) is 17.5 Å². The molecule has 0 radical (unpaired) electrons. The molecule has 0 saturated carbocycles. The summed E-state index contributed by atoms with van der Waals surface area (Å²) in [5.41, 5.74) is -1.93. The lowest BCUT2D eigenvalue weighted by molar-refractivity contribution is -0.360. The molecule has 54 heavy (non-hydrogen) atoms. The third-order valence-electron chi connectivity index (χ3n) is 9.46. The number of hydrogen-bond acceptors (Lipinski definition) is 21. The molecule has 0 amide bonds. The first-order valence-electron chi connectivity index (χ1n) is 16.5. The van der Waals surface area contributed by atoms with E-state index in [0.717, 1.165) is 24.3 Å². The van der Waals surface area contributed by atoms with E-state index >= 15 is 0 Å². The molecule has 1 aromatic heterocycles. The third-order valence-corrected chi connectivity index (χ3v) is 9.46. The molecule has 13 N–H and O–H groups in total. The van der Waals surface area contributed by atoms with Gasteiger partial charge in [0.1, 0.15) is 77.4 Å². The summed E-state index contributed by atoms with van der Waals surface area (Å²) in [6.45, 7) is 1.99. The van der Waals surface area contributed by atoms with Gasteiger partial charge in [0.15, 0.2) is 41.7 Å². The number of aromatic hydroxyl groups is 5. The lowest BCUT2D eigenvalue weighted by Gasteiger charge is -2.46. The van der Waals surface area contributed by atoms with Gasteiger partial charge in [-0.25, -0.2) is 0 Å². The van der Waals surface area contributed by atoms with Crippen LogP contribution in [0.3, 0.4) is 0 Å². The number of ether oxygens (including phenoxy) is 6. The highest BCUT2D eigenvalue weighted by Crippen LogP contribution is 2.43. The fraction of sp³-hybridized carbons (Fsp3) is 0.545. The smallest absolute Gasteiger partial charge is 0.239 e. The molecule has 298 valence electrons. The van der Waals surface area contributed by atoms with Crippen LogP contribution in [0.4, 0.5) is 0 Å². The van der Waals surface area contributed by atoms with E-state index in [1.807, 2.05) is 0 Å². The van der Waals surface area contributed by atoms with E-state index in [4.69, 9.17) is 32.8 Å². The van der Waals surface area contributed by atoms with Crippen LogP contribution in [-0.2, 0) is 23.7 Å². The average molecular weight is 773 g/mol. The zero-order valence-corrected chi connectivity index (χ0v) is 28.3. The number of phenolic OH excluding ortho intramolecular Hbond substituents is 5. The predicted octanol–water partition coefficient (Wildman–Crippen LogP) is -3.13. The van der Waals surface area contributed by atoms with Crippen LogP contribution >= 0.6 is 0 Å². The molecule has 3 aliphatic heterocycles. The number of aliphatic hydroxyl groups is 8. The Kier molecular flexibility index (Phi) is 11.2. The number of hydrogen-bond donors (Lipinski definition) is 13. The first-order chi connectivity index (χ1) is 25.4. The Morgan fingerprint density at radius 2 is 1.20 bits per heavy atom. The summed E-state index contributed by atoms with van der Waals surface area (Å²) in [5.74, 6) is -5.56. The van der Waals surface area contributed by atoms with E-state index in [1.54, 1.807) is 0 Å². The number of phenols is 5. The minimum atomic E-state index is -2.08. The van der Waals surface area contributed by atoms with Crippen molar-refractivity contribution in [2.24, 2.45) is 0 Å². The number of fused-ring (bicyclic) bond motifs is 1. The van der Waals surface area contributed by atoms with Crippen LogP contribution in [0.15, 0.2) is 33.5 Å². The Labute approximate surface area is 303 Å². The second-order valence-electron chi connectivity index (χ2n) is 13.2. The molecule has 3 aliphatic rings. The Bertz CT molecular complexity index is 1860. The van der Waals surface area contributed by atoms with Crippen molar-refractivity contribution < 1.29 is 99.2 Å². The van der Waals surface area contributed by atoms with Gasteiger partial charge in [-0.3, -0.25) is 4.79 Å². The van der Waals surface area contributed by atoms with Gasteiger partial charge in [-0.15, -0.1) is 0 Å². The topological polar surface area (TPSA) is 349 Å². The van der Waals surface area contributed by atoms with Crippen molar-refractivity contribution in [2.45, 2.75) is 106 Å². The number of benzene rings is 2. The van der Waals surface area contributed by atoms with Crippen LogP contribution < -0.4 is 10.2 Å². The maximum atomic E-state index is 14.1. The van der Waals surface area contributed by atoms with E-state index in [0.29, 0.717) is 0 Å². The Morgan fingerprint density at radius 1 is 0.630 bits per heavy atom. The molecule has 21 heteroatoms. The normalized spacial score (nSPS) is 37.3. The van der Waals surface area contributed by atoms with Gasteiger partial charge < -0.3 is 99.2 Å². The maximum Gasteiger partial charge on any atom is 0.239 e. The molecule has 15 unspecified atom stereocenters. The summed E-state index contributed by atoms with van der Waals surface area (Å²) >= 11 is 0. The molecule has 21 nitrogen and oxygen atoms in total. The van der Waals surface area contributed by atoms with Gasteiger partial charge in [0, 0.05) is 17.7 Å². The summed E-state index contributed by atoms with van der Waals surface area (Å²) < 4.78 is 39.9. The van der Waals surface area contributed by atoms with Crippen molar-refractivity contribution in [3.05, 3.63) is 34.5 Å². The minimum absolute atomic E-state index is 0.330. The zero-order chi connectivity index (χ0) is 39.5. The first kappa shape index (κ1) is 39.6. The number of rotatable bonds is 8. The largest absolute Gasteiger partial charge is 0.508 e. The SMILES string of the molecule is CC1OC(OCC2OC(Oc3c(-c4cc(O)c(O)c(O)c4)oc4cc(O)cc(O)c4c3=O)C(OC3OC(C)C(O)C(O)C3O)C(O)C2O)C(O)C(O)C1O. The van der Waals surface area contributed by atoms with Crippen molar-refractivity contribution in [3.63, 3.8) is 0 Å². The molecule has 0 aliphatic carbocycles. The fourth-order valence-electron chi connectivity index (χ4n) is 6.32. The van der Waals surface area contributed by atoms with Gasteiger partial charge >= 0.3 is 0 Å². The highest BCUT2D eigenvalue weighted by atomic mass is 16.8. The van der Waals surface area contributed by atoms with Crippen molar-refractivity contribution in [1.82, 2.24) is 0 Å². The fourth-order valence-corrected chi connectivity index (χ4v) is 6.32. The predicted molar refractivity (Wildman–Crippen MR) is 173 cm³/mol. The quantitative estimate of drug-likeness (QED) is 0.101. The second-order valence-corrected chi connectivity index (χ2v) is 13.2. The zero-order valence-electron chi connectivity index (χ0n) is 28.3. The van der Waals surface area contributed by atoms with Crippen molar-refractivity contribution >= 4 is 11.0 Å². The summed E-state index contributed by atoms with van der Waals surface area (Å²) in [5, 5.41) is 135. The molecular weight excluding hydrogens is 732 g/mol. The van der Waals surface area contributed by atoms with Crippen LogP contribution in [0.25, 0.3) is 22.3 Å². The molecule has 0 bridgehead atoms. The van der Waals surface area contributed by atoms with Gasteiger partial charge in [-0.2, -0.15) is 0 Å². The van der Waals surface area contributed by atoms with Crippen molar-refractivity contribution in [2.75, 3.05) is 6.61 Å². The van der Waals surface area contributed by atoms with E-state index in [-0.39, 0.29) is 5.56 Å². The van der Waals surface area contributed by atoms with Gasteiger partial charge in [0.25, 0.3) is 0 Å². The maximum absolute atomic E-state index is 14.1. The van der Waals surface area contributed by atoms with Crippen LogP contribution in [0, 0.1) is 0 Å². The van der Waals surface area contributed by atoms with Gasteiger partial charge in [-0.05, 0) is 26.0 Å². The van der Waals surface area contributed by atoms with Crippen LogP contribution in [0.2, 0.25) is 0 Å². The standard InChI is InChI=1S/C33H40O21/c1-8-18(38)23(43)26(46)31(49-8)48-7-16-21(41)25(45)30(54-32-27(47)24(44)19(39)9(2)50-32)33(52-16)53-29-22(42)17-12(35)5-11(34)6-15(17)51-28(29)10-3-13(36)20(40)14(37)4-10/h3-6,8-9,16,18-19,21,23-27,30-41,43-47H,7H2,1-2H3. The molecule has 6 rings (SSSR count). The van der Waals surface area contributed by atoms with E-state index < -0.39 is 155 Å². The Hall–Kier alpha value is -4.07. The van der Waals surface area contributed by atoms with Crippen LogP contribution in [-0.4, -0.2) is 165 Å². The third kappa shape index (κ3) is 7.22. The summed E-state index contributed by atoms with van der Waals surface area (Å²) in [6, 6.07) is 3.45. The number of aliphatic hydroxyl groups excluding tert-OH is 8. The Morgan fingerprint density at radius 3 is 1.81 bits per heavy atom. The van der Waals surface area contributed by atoms with Crippen LogP contribution in [0.1, 0.15) is 13.8 Å². The van der Waals surface area contributed by atoms with Crippen molar-refractivity contribution in [1.29, 1.82) is 0 Å². The summed E-state index contributed by atoms with van der Waals surface area (Å²) in [7, 11) is 0. The van der Waals surface area contributed by atoms with Crippen molar-refractivity contribution in [3.8, 4) is 45.8 Å². The minimum Gasteiger partial charge on any atom is -0.508 e. The molecule has 2 aromatic carbocycles. The highest BCUT2D eigenvalue weighted by Gasteiger charge is 2.52. The molecule has 3 aromatic rings. The molecule has 0 spiro atoms. The second kappa shape index (κ2) is 15.2. The van der Waals surface area contributed by atoms with Crippen LogP contribution in [0.5, 0.6) is 34.5 Å². The summed E-state index contributed by atoms with van der Waals surface area (Å²) in [6.07, 6.45) is -25.6. The van der Waals surface area contributed by atoms with E-state index in [1.165, 1.54) is 13.8 Å². The molecule has 4 heterocycles. The first-order valence-corrected chi connectivity index (χ1v) is 16.5. The lowest BCUT2D eigenvalue weighted by atomic mass is 9.97. The lowest BCUT2D eigenvalue weighted by Crippen LogP contribution is -2.65. The van der Waals surface area contributed by atoms with E-state index in [9.17, 15) is 71.2 Å². The molecule has 3 fully saturated rings. The highest BCUT2D eigenvalue weighted by molar-refractivity contribution is 5.88. The molecule has 3 saturated heterocycles. The average Bonchev–Trinajstić information content (AvgIpc) is 3.12. The van der Waals surface area contributed by atoms with E-state index in [2.05, 4.69) is 0 Å².